The fourth-order valence-electron chi connectivity index (χ4n) is 2.99. The average molecular weight is 436 g/mol. The van der Waals surface area contributed by atoms with E-state index in [4.69, 9.17) is 10.4 Å². The van der Waals surface area contributed by atoms with Gasteiger partial charge < -0.3 is 10.0 Å². The second kappa shape index (κ2) is 6.48. The summed E-state index contributed by atoms with van der Waals surface area (Å²) in [4.78, 5) is 14.2. The zero-order chi connectivity index (χ0) is 19.1. The van der Waals surface area contributed by atoms with Gasteiger partial charge in [-0.1, -0.05) is 34.1 Å². The number of anilines is 1. The highest BCUT2D eigenvalue weighted by Crippen LogP contribution is 2.46. The van der Waals surface area contributed by atoms with Crippen molar-refractivity contribution in [2.45, 2.75) is 23.5 Å². The van der Waals surface area contributed by atoms with Crippen molar-refractivity contribution in [3.8, 4) is 6.07 Å². The van der Waals surface area contributed by atoms with E-state index in [9.17, 15) is 18.3 Å². The van der Waals surface area contributed by atoms with Gasteiger partial charge in [0, 0.05) is 10.0 Å². The molecule has 0 saturated carbocycles. The van der Waals surface area contributed by atoms with Crippen molar-refractivity contribution < 1.29 is 18.3 Å². The number of nitriles is 1. The highest BCUT2D eigenvalue weighted by molar-refractivity contribution is 9.10. The molecule has 0 aliphatic carbocycles. The molecule has 0 radical (unpaired) electrons. The van der Waals surface area contributed by atoms with E-state index in [0.717, 1.165) is 0 Å². The number of carbonyl (C=O) groups excluding carboxylic acids is 1. The van der Waals surface area contributed by atoms with Gasteiger partial charge in [-0.25, -0.2) is 13.6 Å². The van der Waals surface area contributed by atoms with Gasteiger partial charge >= 0.3 is 0 Å². The maximum atomic E-state index is 12.8. The molecule has 1 atom stereocenters. The average Bonchev–Trinajstić information content (AvgIpc) is 2.78. The predicted molar refractivity (Wildman–Crippen MR) is 97.3 cm³/mol. The number of halogens is 1. The summed E-state index contributed by atoms with van der Waals surface area (Å²) in [5.41, 5.74) is -0.423. The van der Waals surface area contributed by atoms with E-state index in [1.54, 1.807) is 30.3 Å². The Hall–Kier alpha value is -2.25. The molecule has 2 aromatic carbocycles. The summed E-state index contributed by atoms with van der Waals surface area (Å²) >= 11 is 3.34. The van der Waals surface area contributed by atoms with Crippen LogP contribution in [0.2, 0.25) is 0 Å². The minimum atomic E-state index is -3.80. The molecule has 26 heavy (non-hydrogen) atoms. The first-order valence-electron chi connectivity index (χ1n) is 7.50. The molecule has 3 N–H and O–H groups in total. The summed E-state index contributed by atoms with van der Waals surface area (Å²) in [5.74, 6) is -0.600. The Morgan fingerprint density at radius 3 is 2.46 bits per heavy atom. The van der Waals surface area contributed by atoms with Crippen LogP contribution in [-0.4, -0.2) is 19.4 Å². The molecule has 2 aromatic rings. The summed E-state index contributed by atoms with van der Waals surface area (Å²) in [6.45, 7) is 0.112. The van der Waals surface area contributed by atoms with E-state index >= 15 is 0 Å². The maximum absolute atomic E-state index is 12.8. The molecule has 0 fully saturated rings. The van der Waals surface area contributed by atoms with E-state index in [0.29, 0.717) is 21.3 Å². The van der Waals surface area contributed by atoms with Crippen LogP contribution in [0.3, 0.4) is 0 Å². The standard InChI is InChI=1S/C17H14BrN3O4S/c18-13-2-1-3-14-15(13)17(23,8-9-19)16(22)21(14)10-11-4-6-12(7-5-11)26(20,24)25/h1-7,23H,8,10H2,(H2,20,24,25). The summed E-state index contributed by atoms with van der Waals surface area (Å²) in [6, 6.07) is 12.8. The topological polar surface area (TPSA) is 124 Å². The second-order valence-corrected chi connectivity index (χ2v) is 8.33. The number of nitrogens with two attached hydrogens (primary N) is 1. The third-order valence-corrected chi connectivity index (χ3v) is 5.81. The van der Waals surface area contributed by atoms with Crippen molar-refractivity contribution in [2.24, 2.45) is 5.14 Å². The molecule has 9 heteroatoms. The summed E-state index contributed by atoms with van der Waals surface area (Å²) in [6.07, 6.45) is -0.373. The van der Waals surface area contributed by atoms with Crippen molar-refractivity contribution in [1.82, 2.24) is 0 Å². The molecule has 3 rings (SSSR count). The van der Waals surface area contributed by atoms with Crippen LogP contribution in [0.4, 0.5) is 5.69 Å². The molecule has 1 aliphatic heterocycles. The first kappa shape index (κ1) is 18.5. The van der Waals surface area contributed by atoms with Crippen molar-refractivity contribution in [2.75, 3.05) is 4.90 Å². The quantitative estimate of drug-likeness (QED) is 0.756. The fourth-order valence-corrected chi connectivity index (χ4v) is 4.19. The molecule has 0 bridgehead atoms. The maximum Gasteiger partial charge on any atom is 0.265 e. The van der Waals surface area contributed by atoms with Crippen LogP contribution in [-0.2, 0) is 27.0 Å². The minimum Gasteiger partial charge on any atom is -0.374 e. The van der Waals surface area contributed by atoms with Gasteiger partial charge in [-0.05, 0) is 29.8 Å². The van der Waals surface area contributed by atoms with Gasteiger partial charge in [-0.3, -0.25) is 4.79 Å². The number of aliphatic hydroxyl groups is 1. The monoisotopic (exact) mass is 435 g/mol. The summed E-state index contributed by atoms with van der Waals surface area (Å²) in [5, 5.41) is 25.0. The zero-order valence-electron chi connectivity index (χ0n) is 13.4. The van der Waals surface area contributed by atoms with Crippen LogP contribution in [0.5, 0.6) is 0 Å². The third kappa shape index (κ3) is 3.01. The number of hydrogen-bond acceptors (Lipinski definition) is 5. The highest BCUT2D eigenvalue weighted by atomic mass is 79.9. The van der Waals surface area contributed by atoms with E-state index in [-0.39, 0.29) is 17.9 Å². The number of amides is 1. The third-order valence-electron chi connectivity index (χ3n) is 4.22. The van der Waals surface area contributed by atoms with Crippen molar-refractivity contribution in [3.63, 3.8) is 0 Å². The fraction of sp³-hybridized carbons (Fsp3) is 0.176. The summed E-state index contributed by atoms with van der Waals surface area (Å²) < 4.78 is 23.2. The normalized spacial score (nSPS) is 19.3. The van der Waals surface area contributed by atoms with E-state index < -0.39 is 21.5 Å². The van der Waals surface area contributed by atoms with Gasteiger partial charge in [0.2, 0.25) is 10.0 Å². The molecule has 1 aliphatic rings. The van der Waals surface area contributed by atoms with Crippen LogP contribution in [0.25, 0.3) is 0 Å². The molecule has 134 valence electrons. The predicted octanol–water partition coefficient (Wildman–Crippen LogP) is 1.74. The molecule has 1 amide bonds. The number of carbonyl (C=O) groups is 1. The molecular formula is C17H14BrN3O4S. The lowest BCUT2D eigenvalue weighted by atomic mass is 9.92. The molecular weight excluding hydrogens is 422 g/mol. The Morgan fingerprint density at radius 1 is 1.23 bits per heavy atom. The molecule has 7 nitrogen and oxygen atoms in total. The molecule has 0 spiro atoms. The molecule has 0 aromatic heterocycles. The highest BCUT2D eigenvalue weighted by Gasteiger charge is 2.50. The van der Waals surface area contributed by atoms with E-state index in [1.165, 1.54) is 17.0 Å². The van der Waals surface area contributed by atoms with Crippen LogP contribution in [0.15, 0.2) is 51.8 Å². The Morgan fingerprint density at radius 2 is 1.88 bits per heavy atom. The van der Waals surface area contributed by atoms with Gasteiger partial charge in [-0.15, -0.1) is 0 Å². The minimum absolute atomic E-state index is 0.0295. The zero-order valence-corrected chi connectivity index (χ0v) is 15.8. The molecule has 0 saturated heterocycles. The Labute approximate surface area is 158 Å². The number of fused-ring (bicyclic) bond motifs is 1. The molecule has 1 unspecified atom stereocenters. The first-order valence-corrected chi connectivity index (χ1v) is 9.84. The van der Waals surface area contributed by atoms with Crippen LogP contribution < -0.4 is 10.0 Å². The Balaban J connectivity index is 2.01. The van der Waals surface area contributed by atoms with Crippen molar-refractivity contribution >= 4 is 37.5 Å². The Kier molecular flexibility index (Phi) is 4.62. The number of rotatable bonds is 4. The van der Waals surface area contributed by atoms with Crippen molar-refractivity contribution in [3.05, 3.63) is 58.1 Å². The number of primary sulfonamides is 1. The number of hydrogen-bond donors (Lipinski definition) is 2. The Bertz CT molecular complexity index is 1030. The van der Waals surface area contributed by atoms with Gasteiger partial charge in [0.15, 0.2) is 5.60 Å². The lowest BCUT2D eigenvalue weighted by Gasteiger charge is -2.21. The largest absolute Gasteiger partial charge is 0.374 e. The summed E-state index contributed by atoms with van der Waals surface area (Å²) in [7, 11) is -3.80. The van der Waals surface area contributed by atoms with Gasteiger partial charge in [0.1, 0.15) is 0 Å². The first-order chi connectivity index (χ1) is 12.2. The number of nitrogens with zero attached hydrogens (tertiary/aromatic N) is 2. The van der Waals surface area contributed by atoms with Crippen molar-refractivity contribution in [1.29, 1.82) is 5.26 Å². The lowest BCUT2D eigenvalue weighted by molar-refractivity contribution is -0.135. The van der Waals surface area contributed by atoms with Gasteiger partial charge in [-0.2, -0.15) is 5.26 Å². The van der Waals surface area contributed by atoms with Crippen LogP contribution in [0.1, 0.15) is 17.5 Å². The number of benzene rings is 2. The van der Waals surface area contributed by atoms with Crippen LogP contribution >= 0.6 is 15.9 Å². The SMILES string of the molecule is N#CCC1(O)C(=O)N(Cc2ccc(S(N)(=O)=O)cc2)c2cccc(Br)c21. The number of sulfonamides is 1. The van der Waals surface area contributed by atoms with E-state index in [2.05, 4.69) is 15.9 Å². The smallest absolute Gasteiger partial charge is 0.265 e. The van der Waals surface area contributed by atoms with Crippen LogP contribution in [0, 0.1) is 11.3 Å². The van der Waals surface area contributed by atoms with Gasteiger partial charge in [0.25, 0.3) is 5.91 Å². The van der Waals surface area contributed by atoms with E-state index in [1.807, 2.05) is 6.07 Å². The van der Waals surface area contributed by atoms with Gasteiger partial charge in [0.05, 0.1) is 29.6 Å². The lowest BCUT2D eigenvalue weighted by Crippen LogP contribution is -2.39. The second-order valence-electron chi connectivity index (χ2n) is 5.91. The molecule has 1 heterocycles.